The molecule has 4 nitrogen and oxygen atoms in total. The lowest BCUT2D eigenvalue weighted by Crippen LogP contribution is -2.17. The molecule has 0 saturated heterocycles. The highest BCUT2D eigenvalue weighted by atomic mass is 16.5. The van der Waals surface area contributed by atoms with Crippen molar-refractivity contribution >= 4 is 5.69 Å². The molecule has 1 rings (SSSR count). The number of para-hydroxylation sites is 1. The quantitative estimate of drug-likeness (QED) is 0.541. The standard InChI is InChI=1S/C12H20N2O2/c1-2-16-12(9-15-8-7-13)10-5-3-4-6-11(10)14/h3-6,12H,2,7-9,13-14H2,1H3. The van der Waals surface area contributed by atoms with Crippen molar-refractivity contribution in [1.29, 1.82) is 0 Å². The molecule has 1 unspecified atom stereocenters. The van der Waals surface area contributed by atoms with Crippen molar-refractivity contribution in [3.8, 4) is 0 Å². The molecule has 4 heteroatoms. The molecule has 0 fully saturated rings. The second-order valence-electron chi connectivity index (χ2n) is 3.44. The van der Waals surface area contributed by atoms with Gasteiger partial charge in [0.05, 0.1) is 13.2 Å². The van der Waals surface area contributed by atoms with Crippen LogP contribution >= 0.6 is 0 Å². The molecule has 0 heterocycles. The number of hydrogen-bond donors (Lipinski definition) is 2. The van der Waals surface area contributed by atoms with Crippen LogP contribution in [-0.4, -0.2) is 26.4 Å². The van der Waals surface area contributed by atoms with Gasteiger partial charge in [-0.3, -0.25) is 0 Å². The smallest absolute Gasteiger partial charge is 0.108 e. The van der Waals surface area contributed by atoms with Gasteiger partial charge in [0.15, 0.2) is 0 Å². The first-order valence-corrected chi connectivity index (χ1v) is 5.53. The second kappa shape index (κ2) is 7.22. The summed E-state index contributed by atoms with van der Waals surface area (Å²) in [5.74, 6) is 0. The van der Waals surface area contributed by atoms with Gasteiger partial charge in [-0.15, -0.1) is 0 Å². The lowest BCUT2D eigenvalue weighted by Gasteiger charge is -2.19. The SMILES string of the molecule is CCOC(COCCN)c1ccccc1N. The highest BCUT2D eigenvalue weighted by Crippen LogP contribution is 2.23. The Hall–Kier alpha value is -1.10. The topological polar surface area (TPSA) is 70.5 Å². The Morgan fingerprint density at radius 3 is 2.69 bits per heavy atom. The van der Waals surface area contributed by atoms with Crippen molar-refractivity contribution in [2.45, 2.75) is 13.0 Å². The predicted octanol–water partition coefficient (Wildman–Crippen LogP) is 1.32. The van der Waals surface area contributed by atoms with Gasteiger partial charge in [0.25, 0.3) is 0 Å². The number of anilines is 1. The molecule has 0 amide bonds. The third-order valence-corrected chi connectivity index (χ3v) is 2.24. The highest BCUT2D eigenvalue weighted by molar-refractivity contribution is 5.47. The third kappa shape index (κ3) is 3.81. The maximum atomic E-state index is 5.90. The van der Waals surface area contributed by atoms with Crippen LogP contribution in [0.15, 0.2) is 24.3 Å². The zero-order chi connectivity index (χ0) is 11.8. The van der Waals surface area contributed by atoms with Crippen LogP contribution in [0.5, 0.6) is 0 Å². The molecular weight excluding hydrogens is 204 g/mol. The lowest BCUT2D eigenvalue weighted by molar-refractivity contribution is -0.0107. The van der Waals surface area contributed by atoms with E-state index in [0.29, 0.717) is 26.4 Å². The average molecular weight is 224 g/mol. The molecule has 0 saturated carbocycles. The third-order valence-electron chi connectivity index (χ3n) is 2.24. The molecule has 0 spiro atoms. The summed E-state index contributed by atoms with van der Waals surface area (Å²) in [4.78, 5) is 0. The lowest BCUT2D eigenvalue weighted by atomic mass is 10.1. The van der Waals surface area contributed by atoms with E-state index in [1.165, 1.54) is 0 Å². The normalized spacial score (nSPS) is 12.6. The predicted molar refractivity (Wildman–Crippen MR) is 65.1 cm³/mol. The molecule has 1 aromatic rings. The van der Waals surface area contributed by atoms with Crippen LogP contribution in [-0.2, 0) is 9.47 Å². The second-order valence-corrected chi connectivity index (χ2v) is 3.44. The monoisotopic (exact) mass is 224 g/mol. The molecule has 0 aromatic heterocycles. The molecule has 0 radical (unpaired) electrons. The van der Waals surface area contributed by atoms with Crippen LogP contribution in [0.1, 0.15) is 18.6 Å². The molecule has 0 aliphatic rings. The summed E-state index contributed by atoms with van der Waals surface area (Å²) in [5.41, 5.74) is 13.0. The Balaban J connectivity index is 2.65. The number of nitrogen functional groups attached to an aromatic ring is 1. The molecule has 0 aliphatic heterocycles. The van der Waals surface area contributed by atoms with Crippen LogP contribution < -0.4 is 11.5 Å². The van der Waals surface area contributed by atoms with Gasteiger partial charge in [-0.25, -0.2) is 0 Å². The summed E-state index contributed by atoms with van der Waals surface area (Å²) >= 11 is 0. The summed E-state index contributed by atoms with van der Waals surface area (Å²) in [7, 11) is 0. The maximum absolute atomic E-state index is 5.90. The summed E-state index contributed by atoms with van der Waals surface area (Å²) < 4.78 is 11.0. The van der Waals surface area contributed by atoms with Crippen molar-refractivity contribution < 1.29 is 9.47 Å². The van der Waals surface area contributed by atoms with E-state index in [1.807, 2.05) is 31.2 Å². The van der Waals surface area contributed by atoms with Crippen LogP contribution in [0.4, 0.5) is 5.69 Å². The van der Waals surface area contributed by atoms with Crippen molar-refractivity contribution in [3.63, 3.8) is 0 Å². The zero-order valence-electron chi connectivity index (χ0n) is 9.69. The first-order chi connectivity index (χ1) is 7.79. The average Bonchev–Trinajstić information content (AvgIpc) is 2.29. The number of rotatable bonds is 7. The van der Waals surface area contributed by atoms with Crippen LogP contribution in [0.2, 0.25) is 0 Å². The van der Waals surface area contributed by atoms with Gasteiger partial charge in [0.2, 0.25) is 0 Å². The zero-order valence-corrected chi connectivity index (χ0v) is 9.69. The van der Waals surface area contributed by atoms with Gasteiger partial charge in [-0.05, 0) is 13.0 Å². The van der Waals surface area contributed by atoms with Gasteiger partial charge in [-0.1, -0.05) is 18.2 Å². The minimum Gasteiger partial charge on any atom is -0.398 e. The molecule has 0 bridgehead atoms. The van der Waals surface area contributed by atoms with E-state index in [9.17, 15) is 0 Å². The molecule has 1 atom stereocenters. The Bertz CT molecular complexity index is 305. The van der Waals surface area contributed by atoms with Crippen LogP contribution in [0.3, 0.4) is 0 Å². The van der Waals surface area contributed by atoms with Gasteiger partial charge >= 0.3 is 0 Å². The number of nitrogens with two attached hydrogens (primary N) is 2. The van der Waals surface area contributed by atoms with E-state index >= 15 is 0 Å². The Morgan fingerprint density at radius 1 is 1.31 bits per heavy atom. The van der Waals surface area contributed by atoms with Crippen LogP contribution in [0, 0.1) is 0 Å². The van der Waals surface area contributed by atoms with Gasteiger partial charge < -0.3 is 20.9 Å². The Morgan fingerprint density at radius 2 is 2.06 bits per heavy atom. The largest absolute Gasteiger partial charge is 0.398 e. The Labute approximate surface area is 96.5 Å². The van der Waals surface area contributed by atoms with E-state index in [1.54, 1.807) is 0 Å². The van der Waals surface area contributed by atoms with Gasteiger partial charge in [0.1, 0.15) is 6.10 Å². The maximum Gasteiger partial charge on any atom is 0.108 e. The fourth-order valence-corrected chi connectivity index (χ4v) is 1.51. The summed E-state index contributed by atoms with van der Waals surface area (Å²) in [6, 6.07) is 7.68. The van der Waals surface area contributed by atoms with E-state index < -0.39 is 0 Å². The van der Waals surface area contributed by atoms with Crippen molar-refractivity contribution in [2.24, 2.45) is 5.73 Å². The number of ether oxygens (including phenoxy) is 2. The minimum atomic E-state index is -0.113. The first-order valence-electron chi connectivity index (χ1n) is 5.53. The van der Waals surface area contributed by atoms with E-state index in [-0.39, 0.29) is 6.10 Å². The van der Waals surface area contributed by atoms with E-state index in [0.717, 1.165) is 11.3 Å². The van der Waals surface area contributed by atoms with E-state index in [4.69, 9.17) is 20.9 Å². The summed E-state index contributed by atoms with van der Waals surface area (Å²) in [6.07, 6.45) is -0.113. The molecule has 4 N–H and O–H groups in total. The Kier molecular flexibility index (Phi) is 5.85. The van der Waals surface area contributed by atoms with Crippen molar-refractivity contribution in [1.82, 2.24) is 0 Å². The van der Waals surface area contributed by atoms with Crippen LogP contribution in [0.25, 0.3) is 0 Å². The van der Waals surface area contributed by atoms with Crippen molar-refractivity contribution in [2.75, 3.05) is 32.1 Å². The fraction of sp³-hybridized carbons (Fsp3) is 0.500. The van der Waals surface area contributed by atoms with E-state index in [2.05, 4.69) is 0 Å². The summed E-state index contributed by atoms with van der Waals surface area (Å²) in [6.45, 7) is 4.12. The number of hydrogen-bond acceptors (Lipinski definition) is 4. The summed E-state index contributed by atoms with van der Waals surface area (Å²) in [5, 5.41) is 0. The molecule has 16 heavy (non-hydrogen) atoms. The van der Waals surface area contributed by atoms with Gasteiger partial charge in [0, 0.05) is 24.4 Å². The van der Waals surface area contributed by atoms with Crippen molar-refractivity contribution in [3.05, 3.63) is 29.8 Å². The highest BCUT2D eigenvalue weighted by Gasteiger charge is 2.13. The first kappa shape index (κ1) is 13.0. The minimum absolute atomic E-state index is 0.113. The molecule has 1 aromatic carbocycles. The molecular formula is C12H20N2O2. The molecule has 90 valence electrons. The fourth-order valence-electron chi connectivity index (χ4n) is 1.51. The number of benzene rings is 1. The molecule has 0 aliphatic carbocycles. The van der Waals surface area contributed by atoms with Gasteiger partial charge in [-0.2, -0.15) is 0 Å².